The Kier molecular flexibility index (Phi) is 4.82. The summed E-state index contributed by atoms with van der Waals surface area (Å²) in [6.45, 7) is 0.770. The molecule has 116 valence electrons. The summed E-state index contributed by atoms with van der Waals surface area (Å²) in [7, 11) is -1.96. The Balaban J connectivity index is 2.35. The van der Waals surface area contributed by atoms with E-state index in [4.69, 9.17) is 11.6 Å². The second-order valence-corrected chi connectivity index (χ2v) is 7.21. The lowest BCUT2D eigenvalue weighted by Crippen LogP contribution is -2.46. The lowest BCUT2D eigenvalue weighted by Gasteiger charge is -2.31. The smallest absolute Gasteiger partial charge is 0.289 e. The Morgan fingerprint density at radius 2 is 2.19 bits per heavy atom. The lowest BCUT2D eigenvalue weighted by atomic mass is 10.1. The number of halogens is 1. The third-order valence-corrected chi connectivity index (χ3v) is 5.73. The molecular weight excluding hydrogens is 318 g/mol. The van der Waals surface area contributed by atoms with Crippen LogP contribution in [0.25, 0.3) is 0 Å². The van der Waals surface area contributed by atoms with Gasteiger partial charge >= 0.3 is 0 Å². The van der Waals surface area contributed by atoms with Crippen molar-refractivity contribution in [2.75, 3.05) is 20.1 Å². The molecule has 1 aliphatic rings. The molecule has 0 amide bonds. The van der Waals surface area contributed by atoms with Crippen LogP contribution >= 0.6 is 11.6 Å². The van der Waals surface area contributed by atoms with E-state index >= 15 is 0 Å². The fourth-order valence-corrected chi connectivity index (χ4v) is 4.07. The van der Waals surface area contributed by atoms with Crippen molar-refractivity contribution < 1.29 is 13.3 Å². The molecule has 2 rings (SSSR count). The number of rotatable bonds is 4. The van der Waals surface area contributed by atoms with E-state index in [1.165, 1.54) is 16.4 Å². The van der Waals surface area contributed by atoms with Crippen LogP contribution in [0, 0.1) is 10.1 Å². The van der Waals surface area contributed by atoms with Crippen LogP contribution in [0.15, 0.2) is 23.1 Å². The molecule has 9 heteroatoms. The molecular formula is C12H16ClN3O4S. The summed E-state index contributed by atoms with van der Waals surface area (Å²) in [5, 5.41) is 13.9. The number of nitrogens with one attached hydrogen (secondary N) is 1. The Morgan fingerprint density at radius 1 is 1.48 bits per heavy atom. The first kappa shape index (κ1) is 16.2. The molecule has 0 spiro atoms. The van der Waals surface area contributed by atoms with E-state index in [0.717, 1.165) is 18.9 Å². The molecule has 1 N–H and O–H groups in total. The first-order chi connectivity index (χ1) is 9.86. The lowest BCUT2D eigenvalue weighted by molar-refractivity contribution is -0.384. The van der Waals surface area contributed by atoms with Crippen LogP contribution in [0.5, 0.6) is 0 Å². The molecule has 7 nitrogen and oxygen atoms in total. The first-order valence-corrected chi connectivity index (χ1v) is 8.29. The number of nitro benzene ring substituents is 1. The summed E-state index contributed by atoms with van der Waals surface area (Å²) in [4.78, 5) is 10.1. The van der Waals surface area contributed by atoms with Crippen molar-refractivity contribution in [1.29, 1.82) is 0 Å². The highest BCUT2D eigenvalue weighted by Gasteiger charge is 2.31. The number of benzene rings is 1. The summed E-state index contributed by atoms with van der Waals surface area (Å²) in [6, 6.07) is 3.65. The molecule has 0 saturated carbocycles. The van der Waals surface area contributed by atoms with E-state index in [1.54, 1.807) is 7.05 Å². The van der Waals surface area contributed by atoms with Crippen molar-refractivity contribution in [3.05, 3.63) is 33.3 Å². The number of nitrogens with zero attached hydrogens (tertiary/aromatic N) is 2. The van der Waals surface area contributed by atoms with E-state index in [9.17, 15) is 18.5 Å². The van der Waals surface area contributed by atoms with Crippen LogP contribution in [0.4, 0.5) is 5.69 Å². The van der Waals surface area contributed by atoms with Crippen LogP contribution in [0.1, 0.15) is 12.8 Å². The Bertz CT molecular complexity index is 650. The van der Waals surface area contributed by atoms with Gasteiger partial charge in [0.2, 0.25) is 10.0 Å². The fraction of sp³-hybridized carbons (Fsp3) is 0.500. The van der Waals surface area contributed by atoms with Gasteiger partial charge in [-0.25, -0.2) is 8.42 Å². The molecule has 1 fully saturated rings. The van der Waals surface area contributed by atoms with Gasteiger partial charge in [0.15, 0.2) is 0 Å². The average molecular weight is 334 g/mol. The van der Waals surface area contributed by atoms with Crippen molar-refractivity contribution in [3.63, 3.8) is 0 Å². The second-order valence-electron chi connectivity index (χ2n) is 4.86. The van der Waals surface area contributed by atoms with Gasteiger partial charge in [0.1, 0.15) is 5.02 Å². The van der Waals surface area contributed by atoms with Crippen LogP contribution < -0.4 is 5.32 Å². The minimum absolute atomic E-state index is 0.0781. The number of hydrogen-bond donors (Lipinski definition) is 1. The monoisotopic (exact) mass is 333 g/mol. The zero-order valence-electron chi connectivity index (χ0n) is 11.5. The largest absolute Gasteiger partial charge is 0.316 e. The molecule has 21 heavy (non-hydrogen) atoms. The maximum Gasteiger partial charge on any atom is 0.289 e. The van der Waals surface area contributed by atoms with Crippen molar-refractivity contribution in [3.8, 4) is 0 Å². The fourth-order valence-electron chi connectivity index (χ4n) is 2.34. The molecule has 0 radical (unpaired) electrons. The summed E-state index contributed by atoms with van der Waals surface area (Å²) >= 11 is 5.71. The molecule has 0 aliphatic carbocycles. The molecule has 1 heterocycles. The van der Waals surface area contributed by atoms with Gasteiger partial charge in [-0.15, -0.1) is 0 Å². The maximum absolute atomic E-state index is 12.6. The Morgan fingerprint density at radius 3 is 2.81 bits per heavy atom. The minimum atomic E-state index is -3.75. The average Bonchev–Trinajstić information content (AvgIpc) is 2.47. The highest BCUT2D eigenvalue weighted by Crippen LogP contribution is 2.29. The highest BCUT2D eigenvalue weighted by molar-refractivity contribution is 7.89. The van der Waals surface area contributed by atoms with Gasteiger partial charge in [0.05, 0.1) is 9.82 Å². The van der Waals surface area contributed by atoms with Gasteiger partial charge in [0, 0.05) is 25.2 Å². The predicted molar refractivity (Wildman–Crippen MR) is 78.9 cm³/mol. The molecule has 0 aromatic heterocycles. The van der Waals surface area contributed by atoms with Crippen LogP contribution in [0.2, 0.25) is 5.02 Å². The first-order valence-electron chi connectivity index (χ1n) is 6.47. The van der Waals surface area contributed by atoms with Crippen LogP contribution in [-0.4, -0.2) is 43.8 Å². The third-order valence-electron chi connectivity index (χ3n) is 3.54. The van der Waals surface area contributed by atoms with E-state index in [1.807, 2.05) is 0 Å². The van der Waals surface area contributed by atoms with Crippen molar-refractivity contribution in [2.24, 2.45) is 0 Å². The van der Waals surface area contributed by atoms with Gasteiger partial charge in [-0.2, -0.15) is 4.31 Å². The van der Waals surface area contributed by atoms with E-state index in [0.29, 0.717) is 13.1 Å². The molecule has 1 aromatic rings. The maximum atomic E-state index is 12.6. The molecule has 0 bridgehead atoms. The zero-order chi connectivity index (χ0) is 15.6. The number of nitro groups is 1. The van der Waals surface area contributed by atoms with E-state index < -0.39 is 20.6 Å². The van der Waals surface area contributed by atoms with Gasteiger partial charge < -0.3 is 5.32 Å². The normalized spacial score (nSPS) is 20.4. The van der Waals surface area contributed by atoms with Crippen LogP contribution in [-0.2, 0) is 10.0 Å². The van der Waals surface area contributed by atoms with Crippen molar-refractivity contribution in [2.45, 2.75) is 23.8 Å². The van der Waals surface area contributed by atoms with Gasteiger partial charge in [0.25, 0.3) is 5.69 Å². The van der Waals surface area contributed by atoms with Crippen molar-refractivity contribution in [1.82, 2.24) is 9.62 Å². The number of likely N-dealkylation sites (N-methyl/N-ethyl adjacent to an activating group) is 1. The molecule has 1 saturated heterocycles. The van der Waals surface area contributed by atoms with E-state index in [2.05, 4.69) is 5.32 Å². The zero-order valence-corrected chi connectivity index (χ0v) is 13.0. The Labute approximate surface area is 128 Å². The second kappa shape index (κ2) is 6.27. The predicted octanol–water partition coefficient (Wildman–Crippen LogP) is 1.62. The highest BCUT2D eigenvalue weighted by atomic mass is 35.5. The standard InChI is InChI=1S/C12H16ClN3O4S/c1-14-9-3-2-6-15(8-9)21(19,20)10-4-5-11(13)12(7-10)16(17)18/h4-5,7,9,14H,2-3,6,8H2,1H3. The van der Waals surface area contributed by atoms with E-state index in [-0.39, 0.29) is 16.0 Å². The topological polar surface area (TPSA) is 92.6 Å². The van der Waals surface area contributed by atoms with Gasteiger partial charge in [-0.3, -0.25) is 10.1 Å². The molecule has 1 unspecified atom stereocenters. The molecule has 1 aromatic carbocycles. The Hall–Kier alpha value is -1.22. The summed E-state index contributed by atoms with van der Waals surface area (Å²) < 4.78 is 26.5. The SMILES string of the molecule is CNC1CCCN(S(=O)(=O)c2ccc(Cl)c([N+](=O)[O-])c2)C1. The quantitative estimate of drug-likeness (QED) is 0.667. The van der Waals surface area contributed by atoms with Crippen molar-refractivity contribution >= 4 is 27.3 Å². The minimum Gasteiger partial charge on any atom is -0.316 e. The molecule has 1 aliphatic heterocycles. The molecule has 1 atom stereocenters. The summed E-state index contributed by atoms with van der Waals surface area (Å²) in [5.74, 6) is 0. The number of hydrogen-bond acceptors (Lipinski definition) is 5. The summed E-state index contributed by atoms with van der Waals surface area (Å²) in [5.41, 5.74) is -0.403. The van der Waals surface area contributed by atoms with Gasteiger partial charge in [-0.1, -0.05) is 11.6 Å². The van der Waals surface area contributed by atoms with Crippen LogP contribution in [0.3, 0.4) is 0 Å². The number of piperidine rings is 1. The third kappa shape index (κ3) is 3.34. The van der Waals surface area contributed by atoms with Gasteiger partial charge in [-0.05, 0) is 32.0 Å². The number of sulfonamides is 1. The summed E-state index contributed by atoms with van der Waals surface area (Å²) in [6.07, 6.45) is 1.66.